The Kier molecular flexibility index (Phi) is 5.01. The summed E-state index contributed by atoms with van der Waals surface area (Å²) in [6.45, 7) is 2.33. The first-order valence-corrected chi connectivity index (χ1v) is 7.34. The Hall–Kier alpha value is -0.180. The molecule has 0 aromatic heterocycles. The van der Waals surface area contributed by atoms with Crippen LogP contribution in [0.15, 0.2) is 24.3 Å². The highest BCUT2D eigenvalue weighted by molar-refractivity contribution is 7.99. The second-order valence-corrected chi connectivity index (χ2v) is 5.92. The van der Waals surface area contributed by atoms with Crippen molar-refractivity contribution in [3.8, 4) is 0 Å². The summed E-state index contributed by atoms with van der Waals surface area (Å²) in [7, 11) is 0. The molecule has 1 fully saturated rings. The van der Waals surface area contributed by atoms with E-state index in [1.165, 1.54) is 31.4 Å². The van der Waals surface area contributed by atoms with Crippen molar-refractivity contribution in [2.45, 2.75) is 30.3 Å². The largest absolute Gasteiger partial charge is 0.316 e. The Morgan fingerprint density at radius 2 is 2.19 bits per heavy atom. The molecule has 1 N–H and O–H groups in total. The zero-order chi connectivity index (χ0) is 11.2. The maximum Gasteiger partial charge on any atom is 0.0446 e. The minimum atomic E-state index is 0.749. The molecule has 1 atom stereocenters. The average molecular weight is 256 g/mol. The number of hydrogen-bond acceptors (Lipinski definition) is 2. The van der Waals surface area contributed by atoms with Gasteiger partial charge in [-0.15, -0.1) is 0 Å². The monoisotopic (exact) mass is 255 g/mol. The molecule has 0 spiro atoms. The molecule has 1 nitrogen and oxygen atoms in total. The van der Waals surface area contributed by atoms with Crippen LogP contribution in [0.4, 0.5) is 0 Å². The van der Waals surface area contributed by atoms with E-state index in [-0.39, 0.29) is 0 Å². The van der Waals surface area contributed by atoms with Crippen LogP contribution in [0.25, 0.3) is 0 Å². The van der Waals surface area contributed by atoms with Gasteiger partial charge < -0.3 is 5.32 Å². The van der Waals surface area contributed by atoms with Gasteiger partial charge in [0.05, 0.1) is 0 Å². The van der Waals surface area contributed by atoms with E-state index in [0.29, 0.717) is 0 Å². The van der Waals surface area contributed by atoms with Crippen molar-refractivity contribution in [3.63, 3.8) is 0 Å². The van der Waals surface area contributed by atoms with E-state index in [9.17, 15) is 0 Å². The minimum Gasteiger partial charge on any atom is -0.316 e. The van der Waals surface area contributed by atoms with E-state index < -0.39 is 0 Å². The maximum atomic E-state index is 6.15. The zero-order valence-electron chi connectivity index (χ0n) is 9.42. The molecular weight excluding hydrogens is 238 g/mol. The van der Waals surface area contributed by atoms with Crippen LogP contribution in [0.1, 0.15) is 24.8 Å². The van der Waals surface area contributed by atoms with E-state index in [2.05, 4.69) is 17.4 Å². The van der Waals surface area contributed by atoms with Crippen molar-refractivity contribution < 1.29 is 0 Å². The molecular formula is C13H18ClNS. The van der Waals surface area contributed by atoms with Crippen molar-refractivity contribution in [2.75, 3.05) is 13.1 Å². The molecule has 16 heavy (non-hydrogen) atoms. The highest BCUT2D eigenvalue weighted by atomic mass is 35.5. The average Bonchev–Trinajstić information content (AvgIpc) is 2.56. The molecule has 1 saturated heterocycles. The van der Waals surface area contributed by atoms with E-state index in [0.717, 1.165) is 22.6 Å². The SMILES string of the molecule is Clc1ccccc1CSC1CCCCNC1. The quantitative estimate of drug-likeness (QED) is 0.884. The number of rotatable bonds is 3. The van der Waals surface area contributed by atoms with Crippen molar-refractivity contribution in [2.24, 2.45) is 0 Å². The van der Waals surface area contributed by atoms with Crippen LogP contribution in [-0.2, 0) is 5.75 Å². The number of halogens is 1. The number of hydrogen-bond donors (Lipinski definition) is 1. The van der Waals surface area contributed by atoms with Gasteiger partial charge in [0.2, 0.25) is 0 Å². The molecule has 2 rings (SSSR count). The van der Waals surface area contributed by atoms with E-state index in [1.807, 2.05) is 23.9 Å². The van der Waals surface area contributed by atoms with Gasteiger partial charge in [0.25, 0.3) is 0 Å². The topological polar surface area (TPSA) is 12.0 Å². The van der Waals surface area contributed by atoms with Crippen molar-refractivity contribution >= 4 is 23.4 Å². The molecule has 0 bridgehead atoms. The molecule has 0 amide bonds. The highest BCUT2D eigenvalue weighted by Crippen LogP contribution is 2.26. The van der Waals surface area contributed by atoms with Crippen LogP contribution in [0, 0.1) is 0 Å². The zero-order valence-corrected chi connectivity index (χ0v) is 11.0. The van der Waals surface area contributed by atoms with Gasteiger partial charge >= 0.3 is 0 Å². The van der Waals surface area contributed by atoms with Crippen molar-refractivity contribution in [3.05, 3.63) is 34.9 Å². The first-order chi connectivity index (χ1) is 7.86. The molecule has 1 unspecified atom stereocenters. The summed E-state index contributed by atoms with van der Waals surface area (Å²) in [6.07, 6.45) is 4.01. The standard InChI is InChI=1S/C13H18ClNS/c14-13-7-2-1-5-11(13)10-16-12-6-3-4-8-15-9-12/h1-2,5,7,12,15H,3-4,6,8-10H2. The number of nitrogens with one attached hydrogen (secondary N) is 1. The molecule has 0 saturated carbocycles. The Bertz CT molecular complexity index is 321. The molecule has 1 aliphatic heterocycles. The van der Waals surface area contributed by atoms with Crippen LogP contribution >= 0.6 is 23.4 Å². The van der Waals surface area contributed by atoms with Gasteiger partial charge in [-0.3, -0.25) is 0 Å². The van der Waals surface area contributed by atoms with Crippen molar-refractivity contribution in [1.29, 1.82) is 0 Å². The van der Waals surface area contributed by atoms with Crippen LogP contribution in [0.2, 0.25) is 5.02 Å². The second-order valence-electron chi connectivity index (χ2n) is 4.22. The molecule has 1 aliphatic rings. The minimum absolute atomic E-state index is 0.749. The van der Waals surface area contributed by atoms with Gasteiger partial charge in [-0.25, -0.2) is 0 Å². The van der Waals surface area contributed by atoms with Crippen molar-refractivity contribution in [1.82, 2.24) is 5.32 Å². The molecule has 0 radical (unpaired) electrons. The highest BCUT2D eigenvalue weighted by Gasteiger charge is 2.12. The summed E-state index contributed by atoms with van der Waals surface area (Å²) in [5.74, 6) is 1.03. The molecule has 1 aromatic carbocycles. The fourth-order valence-electron chi connectivity index (χ4n) is 1.95. The fourth-order valence-corrected chi connectivity index (χ4v) is 3.47. The normalized spacial score (nSPS) is 21.7. The van der Waals surface area contributed by atoms with Gasteiger partial charge in [-0.1, -0.05) is 36.2 Å². The van der Waals surface area contributed by atoms with Crippen LogP contribution < -0.4 is 5.32 Å². The summed E-state index contributed by atoms with van der Waals surface area (Å²) >= 11 is 8.18. The summed E-state index contributed by atoms with van der Waals surface area (Å²) in [5, 5.41) is 5.14. The van der Waals surface area contributed by atoms with Gasteiger partial charge in [0.1, 0.15) is 0 Å². The summed E-state index contributed by atoms with van der Waals surface area (Å²) in [4.78, 5) is 0. The smallest absolute Gasteiger partial charge is 0.0446 e. The van der Waals surface area contributed by atoms with Gasteiger partial charge in [-0.2, -0.15) is 11.8 Å². The molecule has 0 aliphatic carbocycles. The summed E-state index contributed by atoms with van der Waals surface area (Å²) in [5.41, 5.74) is 1.26. The van der Waals surface area contributed by atoms with Gasteiger partial charge in [-0.05, 0) is 31.0 Å². The molecule has 88 valence electrons. The maximum absolute atomic E-state index is 6.15. The number of benzene rings is 1. The lowest BCUT2D eigenvalue weighted by Crippen LogP contribution is -2.22. The Morgan fingerprint density at radius 1 is 1.31 bits per heavy atom. The van der Waals surface area contributed by atoms with E-state index >= 15 is 0 Å². The first-order valence-electron chi connectivity index (χ1n) is 5.92. The van der Waals surface area contributed by atoms with Crippen LogP contribution in [-0.4, -0.2) is 18.3 Å². The lowest BCUT2D eigenvalue weighted by molar-refractivity contribution is 0.706. The Morgan fingerprint density at radius 3 is 3.06 bits per heavy atom. The van der Waals surface area contributed by atoms with E-state index in [1.54, 1.807) is 0 Å². The van der Waals surface area contributed by atoms with Crippen LogP contribution in [0.3, 0.4) is 0 Å². The Labute approximate surface area is 107 Å². The fraction of sp³-hybridized carbons (Fsp3) is 0.538. The third-order valence-electron chi connectivity index (χ3n) is 2.93. The van der Waals surface area contributed by atoms with E-state index in [4.69, 9.17) is 11.6 Å². The predicted octanol–water partition coefficient (Wildman–Crippen LogP) is 3.72. The molecule has 1 aromatic rings. The predicted molar refractivity (Wildman–Crippen MR) is 73.3 cm³/mol. The third kappa shape index (κ3) is 3.69. The number of thioether (sulfide) groups is 1. The lowest BCUT2D eigenvalue weighted by atomic mass is 10.2. The van der Waals surface area contributed by atoms with Crippen LogP contribution in [0.5, 0.6) is 0 Å². The Balaban J connectivity index is 1.84. The first kappa shape index (κ1) is 12.3. The molecule has 3 heteroatoms. The summed E-state index contributed by atoms with van der Waals surface area (Å²) < 4.78 is 0. The lowest BCUT2D eigenvalue weighted by Gasteiger charge is -2.14. The summed E-state index contributed by atoms with van der Waals surface area (Å²) in [6, 6.07) is 8.15. The van der Waals surface area contributed by atoms with Gasteiger partial charge in [0.15, 0.2) is 0 Å². The molecule has 1 heterocycles. The third-order valence-corrected chi connectivity index (χ3v) is 4.65. The second kappa shape index (κ2) is 6.53. The van der Waals surface area contributed by atoms with Gasteiger partial charge in [0, 0.05) is 22.6 Å².